The minimum atomic E-state index is -0.455. The quantitative estimate of drug-likeness (QED) is 0.833. The van der Waals surface area contributed by atoms with E-state index in [0.717, 1.165) is 11.1 Å². The van der Waals surface area contributed by atoms with Crippen molar-refractivity contribution < 1.29 is 14.3 Å². The highest BCUT2D eigenvalue weighted by atomic mass is 16.5. The molecule has 0 atom stereocenters. The van der Waals surface area contributed by atoms with Crippen LogP contribution in [-0.4, -0.2) is 35.3 Å². The molecule has 2 aromatic carbocycles. The number of amides is 1. The van der Waals surface area contributed by atoms with E-state index >= 15 is 0 Å². The maximum absolute atomic E-state index is 12.6. The lowest BCUT2D eigenvalue weighted by Crippen LogP contribution is -2.52. The van der Waals surface area contributed by atoms with Gasteiger partial charge in [0.05, 0.1) is 18.4 Å². The lowest BCUT2D eigenvalue weighted by Gasteiger charge is -2.44. The molecule has 0 aromatic heterocycles. The van der Waals surface area contributed by atoms with Gasteiger partial charge < -0.3 is 9.64 Å². The topological polar surface area (TPSA) is 46.6 Å². The highest BCUT2D eigenvalue weighted by molar-refractivity contribution is 6.00. The van der Waals surface area contributed by atoms with Crippen molar-refractivity contribution in [3.63, 3.8) is 0 Å². The third kappa shape index (κ3) is 3.24. The van der Waals surface area contributed by atoms with E-state index in [2.05, 4.69) is 0 Å². The van der Waals surface area contributed by atoms with Crippen LogP contribution in [0.5, 0.6) is 5.75 Å². The number of benzene rings is 2. The van der Waals surface area contributed by atoms with E-state index in [1.165, 1.54) is 0 Å². The first-order chi connectivity index (χ1) is 12.5. The van der Waals surface area contributed by atoms with Crippen molar-refractivity contribution in [3.05, 3.63) is 65.2 Å². The first-order valence-corrected chi connectivity index (χ1v) is 9.19. The van der Waals surface area contributed by atoms with Crippen molar-refractivity contribution in [3.8, 4) is 5.75 Å². The van der Waals surface area contributed by atoms with Crippen LogP contribution in [0.3, 0.4) is 0 Å². The molecule has 134 valence electrons. The Morgan fingerprint density at radius 1 is 1.12 bits per heavy atom. The largest absolute Gasteiger partial charge is 0.486 e. The predicted molar refractivity (Wildman–Crippen MR) is 99.4 cm³/mol. The second-order valence-electron chi connectivity index (χ2n) is 7.43. The number of aryl methyl sites for hydroxylation is 1. The number of fused-ring (bicyclic) bond motifs is 1. The number of hydrogen-bond donors (Lipinski definition) is 0. The summed E-state index contributed by atoms with van der Waals surface area (Å²) in [6, 6.07) is 15.6. The van der Waals surface area contributed by atoms with Gasteiger partial charge in [-0.15, -0.1) is 0 Å². The molecule has 26 heavy (non-hydrogen) atoms. The fourth-order valence-corrected chi connectivity index (χ4v) is 3.93. The highest BCUT2D eigenvalue weighted by Crippen LogP contribution is 2.39. The average molecular weight is 349 g/mol. The lowest BCUT2D eigenvalue weighted by molar-refractivity contribution is -0.134. The van der Waals surface area contributed by atoms with Crippen LogP contribution in [0.15, 0.2) is 48.5 Å². The van der Waals surface area contributed by atoms with Crippen molar-refractivity contribution in [1.82, 2.24) is 4.90 Å². The summed E-state index contributed by atoms with van der Waals surface area (Å²) in [7, 11) is 0. The lowest BCUT2D eigenvalue weighted by atomic mass is 9.82. The Balaban J connectivity index is 1.42. The first kappa shape index (κ1) is 16.8. The zero-order chi connectivity index (χ0) is 18.1. The van der Waals surface area contributed by atoms with Crippen LogP contribution >= 0.6 is 0 Å². The van der Waals surface area contributed by atoms with Gasteiger partial charge in [-0.2, -0.15) is 0 Å². The van der Waals surface area contributed by atoms with Crippen LogP contribution in [0.2, 0.25) is 0 Å². The molecular formula is C22H23NO3. The molecule has 2 aromatic rings. The van der Waals surface area contributed by atoms with Gasteiger partial charge in [-0.3, -0.25) is 9.59 Å². The van der Waals surface area contributed by atoms with Crippen molar-refractivity contribution in [1.29, 1.82) is 0 Å². The number of carbonyl (C=O) groups is 2. The molecule has 0 N–H and O–H groups in total. The number of carbonyl (C=O) groups excluding carboxylic acids is 2. The Kier molecular flexibility index (Phi) is 4.27. The fourth-order valence-electron chi connectivity index (χ4n) is 3.93. The maximum atomic E-state index is 12.6. The Morgan fingerprint density at radius 2 is 1.85 bits per heavy atom. The minimum Gasteiger partial charge on any atom is -0.486 e. The normalized spacial score (nSPS) is 18.3. The number of nitrogens with zero attached hydrogens (tertiary/aromatic N) is 1. The number of likely N-dealkylation sites (tertiary alicyclic amines) is 1. The molecule has 0 radical (unpaired) electrons. The third-order valence-electron chi connectivity index (χ3n) is 5.47. The van der Waals surface area contributed by atoms with Gasteiger partial charge in [-0.1, -0.05) is 42.0 Å². The second-order valence-corrected chi connectivity index (χ2v) is 7.43. The monoisotopic (exact) mass is 349 g/mol. The Labute approximate surface area is 153 Å². The number of rotatable bonds is 2. The average Bonchev–Trinajstić information content (AvgIpc) is 2.64. The standard InChI is InChI=1S/C22H23NO3/c1-16-7-8-20-18(13-16)19(24)15-22(26-20)9-11-23(12-10-22)21(25)14-17-5-3-2-4-6-17/h2-8,13H,9-12,14-15H2,1H3. The molecule has 1 saturated heterocycles. The number of Topliss-reactive ketones (excluding diaryl/α,β-unsaturated/α-hetero) is 1. The minimum absolute atomic E-state index is 0.143. The molecule has 0 aliphatic carbocycles. The van der Waals surface area contributed by atoms with Gasteiger partial charge in [-0.25, -0.2) is 0 Å². The van der Waals surface area contributed by atoms with E-state index in [1.54, 1.807) is 0 Å². The summed E-state index contributed by atoms with van der Waals surface area (Å²) in [6.45, 7) is 3.26. The van der Waals surface area contributed by atoms with Crippen molar-refractivity contribution in [2.45, 2.75) is 38.2 Å². The molecule has 4 heteroatoms. The summed E-state index contributed by atoms with van der Waals surface area (Å²) in [5.74, 6) is 0.985. The van der Waals surface area contributed by atoms with Gasteiger partial charge in [0.1, 0.15) is 11.4 Å². The Hall–Kier alpha value is -2.62. The Bertz CT molecular complexity index is 836. The van der Waals surface area contributed by atoms with Crippen LogP contribution in [0, 0.1) is 6.92 Å². The van der Waals surface area contributed by atoms with Crippen LogP contribution in [0.25, 0.3) is 0 Å². The summed E-state index contributed by atoms with van der Waals surface area (Å²) in [4.78, 5) is 27.1. The zero-order valence-electron chi connectivity index (χ0n) is 15.0. The summed E-state index contributed by atoms with van der Waals surface area (Å²) >= 11 is 0. The number of piperidine rings is 1. The maximum Gasteiger partial charge on any atom is 0.226 e. The molecular weight excluding hydrogens is 326 g/mol. The van der Waals surface area contributed by atoms with Gasteiger partial charge in [0, 0.05) is 25.9 Å². The van der Waals surface area contributed by atoms with Crippen molar-refractivity contribution in [2.75, 3.05) is 13.1 Å². The summed E-state index contributed by atoms with van der Waals surface area (Å²) in [6.07, 6.45) is 2.24. The van der Waals surface area contributed by atoms with Gasteiger partial charge >= 0.3 is 0 Å². The molecule has 0 bridgehead atoms. The van der Waals surface area contributed by atoms with Crippen molar-refractivity contribution >= 4 is 11.7 Å². The highest BCUT2D eigenvalue weighted by Gasteiger charge is 2.43. The van der Waals surface area contributed by atoms with E-state index in [4.69, 9.17) is 4.74 Å². The Morgan fingerprint density at radius 3 is 2.58 bits per heavy atom. The van der Waals surface area contributed by atoms with Gasteiger partial charge in [-0.05, 0) is 24.6 Å². The van der Waals surface area contributed by atoms with E-state index in [0.29, 0.717) is 50.1 Å². The van der Waals surface area contributed by atoms with E-state index in [9.17, 15) is 9.59 Å². The molecule has 2 aliphatic rings. The van der Waals surface area contributed by atoms with Gasteiger partial charge in [0.25, 0.3) is 0 Å². The molecule has 2 aliphatic heterocycles. The predicted octanol–water partition coefficient (Wildman–Crippen LogP) is 3.56. The van der Waals surface area contributed by atoms with Crippen molar-refractivity contribution in [2.24, 2.45) is 0 Å². The molecule has 1 fully saturated rings. The van der Waals surface area contributed by atoms with E-state index < -0.39 is 5.60 Å². The molecule has 0 unspecified atom stereocenters. The van der Waals surface area contributed by atoms with Gasteiger partial charge in [0.15, 0.2) is 5.78 Å². The summed E-state index contributed by atoms with van der Waals surface area (Å²) < 4.78 is 6.27. The smallest absolute Gasteiger partial charge is 0.226 e. The molecule has 4 nitrogen and oxygen atoms in total. The summed E-state index contributed by atoms with van der Waals surface area (Å²) in [5, 5.41) is 0. The first-order valence-electron chi connectivity index (χ1n) is 9.19. The molecule has 4 rings (SSSR count). The molecule has 1 spiro atoms. The van der Waals surface area contributed by atoms with Crippen LogP contribution in [0.1, 0.15) is 40.7 Å². The zero-order valence-corrected chi connectivity index (χ0v) is 15.0. The van der Waals surface area contributed by atoms with Crippen LogP contribution in [0.4, 0.5) is 0 Å². The third-order valence-corrected chi connectivity index (χ3v) is 5.47. The van der Waals surface area contributed by atoms with Crippen LogP contribution < -0.4 is 4.74 Å². The van der Waals surface area contributed by atoms with E-state index in [-0.39, 0.29) is 11.7 Å². The molecule has 2 heterocycles. The number of ether oxygens (including phenoxy) is 1. The van der Waals surface area contributed by atoms with Gasteiger partial charge in [0.2, 0.25) is 5.91 Å². The van der Waals surface area contributed by atoms with Crippen LogP contribution in [-0.2, 0) is 11.2 Å². The number of hydrogen-bond acceptors (Lipinski definition) is 3. The second kappa shape index (κ2) is 6.60. The summed E-state index contributed by atoms with van der Waals surface area (Å²) in [5.41, 5.74) is 2.34. The number of ketones is 1. The fraction of sp³-hybridized carbons (Fsp3) is 0.364. The van der Waals surface area contributed by atoms with E-state index in [1.807, 2.05) is 60.4 Å². The molecule has 0 saturated carbocycles. The SMILES string of the molecule is Cc1ccc2c(c1)C(=O)CC1(CCN(C(=O)Cc3ccccc3)CC1)O2. The molecule has 1 amide bonds.